The van der Waals surface area contributed by atoms with Crippen LogP contribution in [0, 0.1) is 11.8 Å². The summed E-state index contributed by atoms with van der Waals surface area (Å²) in [5, 5.41) is 9.35. The van der Waals surface area contributed by atoms with Gasteiger partial charge in [-0.25, -0.2) is 0 Å². The maximum atomic E-state index is 11.9. The Labute approximate surface area is 126 Å². The highest BCUT2D eigenvalue weighted by Gasteiger charge is 2.20. The zero-order valence-electron chi connectivity index (χ0n) is 12.7. The van der Waals surface area contributed by atoms with Crippen molar-refractivity contribution >= 4 is 5.97 Å². The van der Waals surface area contributed by atoms with Gasteiger partial charge in [0.2, 0.25) is 0 Å². The van der Waals surface area contributed by atoms with E-state index in [1.807, 2.05) is 18.2 Å². The lowest BCUT2D eigenvalue weighted by Gasteiger charge is -2.13. The lowest BCUT2D eigenvalue weighted by atomic mass is 10.0. The normalized spacial score (nSPS) is 11.6. The van der Waals surface area contributed by atoms with E-state index < -0.39 is 11.9 Å². The fourth-order valence-corrected chi connectivity index (χ4v) is 1.88. The molecular formula is C17H23NO3. The summed E-state index contributed by atoms with van der Waals surface area (Å²) in [5.41, 5.74) is 0.751. The van der Waals surface area contributed by atoms with E-state index in [0.717, 1.165) is 18.7 Å². The SMILES string of the molecule is CCN(CC)CC#CCOC(=O)[C@@H](CO)c1ccccc1. The monoisotopic (exact) mass is 289 g/mol. The van der Waals surface area contributed by atoms with Crippen LogP contribution >= 0.6 is 0 Å². The summed E-state index contributed by atoms with van der Waals surface area (Å²) in [6.45, 7) is 6.52. The lowest BCUT2D eigenvalue weighted by molar-refractivity contribution is -0.145. The number of aliphatic hydroxyl groups excluding tert-OH is 1. The summed E-state index contributed by atoms with van der Waals surface area (Å²) in [4.78, 5) is 14.1. The minimum absolute atomic E-state index is 0.0590. The molecule has 4 nitrogen and oxygen atoms in total. The molecule has 0 saturated carbocycles. The van der Waals surface area contributed by atoms with Crippen LogP contribution < -0.4 is 0 Å². The van der Waals surface area contributed by atoms with Gasteiger partial charge in [0, 0.05) is 0 Å². The number of esters is 1. The van der Waals surface area contributed by atoms with Gasteiger partial charge in [0.25, 0.3) is 0 Å². The molecule has 0 saturated heterocycles. The first-order valence-electron chi connectivity index (χ1n) is 7.23. The first-order chi connectivity index (χ1) is 10.2. The average molecular weight is 289 g/mol. The highest BCUT2D eigenvalue weighted by atomic mass is 16.5. The second kappa shape index (κ2) is 9.98. The molecular weight excluding hydrogens is 266 g/mol. The van der Waals surface area contributed by atoms with Gasteiger partial charge in [-0.05, 0) is 18.7 Å². The Morgan fingerprint density at radius 3 is 2.48 bits per heavy atom. The van der Waals surface area contributed by atoms with Crippen LogP contribution in [0.5, 0.6) is 0 Å². The fraction of sp³-hybridized carbons (Fsp3) is 0.471. The van der Waals surface area contributed by atoms with Crippen LogP contribution in [0.4, 0.5) is 0 Å². The zero-order chi connectivity index (χ0) is 15.5. The minimum Gasteiger partial charge on any atom is -0.452 e. The predicted octanol–water partition coefficient (Wildman–Crippen LogP) is 1.65. The molecule has 0 fully saturated rings. The van der Waals surface area contributed by atoms with Gasteiger partial charge in [0.05, 0.1) is 13.2 Å². The highest BCUT2D eigenvalue weighted by molar-refractivity contribution is 5.78. The highest BCUT2D eigenvalue weighted by Crippen LogP contribution is 2.16. The van der Waals surface area contributed by atoms with Crippen molar-refractivity contribution in [2.45, 2.75) is 19.8 Å². The van der Waals surface area contributed by atoms with Crippen molar-refractivity contribution in [3.63, 3.8) is 0 Å². The van der Waals surface area contributed by atoms with Gasteiger partial charge in [-0.2, -0.15) is 0 Å². The summed E-state index contributed by atoms with van der Waals surface area (Å²) in [5.74, 6) is 4.72. The average Bonchev–Trinajstić information content (AvgIpc) is 2.52. The summed E-state index contributed by atoms with van der Waals surface area (Å²) >= 11 is 0. The summed E-state index contributed by atoms with van der Waals surface area (Å²) in [6.07, 6.45) is 0. The number of aliphatic hydroxyl groups is 1. The molecule has 0 spiro atoms. The molecule has 114 valence electrons. The maximum Gasteiger partial charge on any atom is 0.316 e. The molecule has 0 bridgehead atoms. The quantitative estimate of drug-likeness (QED) is 0.612. The molecule has 0 aliphatic carbocycles. The molecule has 0 heterocycles. The predicted molar refractivity (Wildman–Crippen MR) is 82.8 cm³/mol. The second-order valence-electron chi connectivity index (χ2n) is 4.57. The van der Waals surface area contributed by atoms with Crippen LogP contribution in [0.3, 0.4) is 0 Å². The van der Waals surface area contributed by atoms with Crippen molar-refractivity contribution in [3.05, 3.63) is 35.9 Å². The molecule has 0 unspecified atom stereocenters. The molecule has 1 aromatic carbocycles. The molecule has 0 aliphatic heterocycles. The molecule has 1 N–H and O–H groups in total. The van der Waals surface area contributed by atoms with Gasteiger partial charge in [0.15, 0.2) is 6.61 Å². The number of ether oxygens (including phenoxy) is 1. The van der Waals surface area contributed by atoms with E-state index in [1.165, 1.54) is 0 Å². The third-order valence-electron chi connectivity index (χ3n) is 3.28. The molecule has 0 aromatic heterocycles. The minimum atomic E-state index is -0.643. The van der Waals surface area contributed by atoms with E-state index in [9.17, 15) is 9.90 Å². The number of hydrogen-bond acceptors (Lipinski definition) is 4. The summed E-state index contributed by atoms with van der Waals surface area (Å²) < 4.78 is 5.11. The fourth-order valence-electron chi connectivity index (χ4n) is 1.88. The van der Waals surface area contributed by atoms with E-state index in [4.69, 9.17) is 4.74 Å². The van der Waals surface area contributed by atoms with Crippen LogP contribution in [-0.2, 0) is 9.53 Å². The third-order valence-corrected chi connectivity index (χ3v) is 3.28. The largest absolute Gasteiger partial charge is 0.452 e. The molecule has 1 atom stereocenters. The first-order valence-corrected chi connectivity index (χ1v) is 7.23. The van der Waals surface area contributed by atoms with Crippen molar-refractivity contribution in [3.8, 4) is 11.8 Å². The molecule has 21 heavy (non-hydrogen) atoms. The number of rotatable bonds is 7. The summed E-state index contributed by atoms with van der Waals surface area (Å²) in [7, 11) is 0. The van der Waals surface area contributed by atoms with E-state index in [0.29, 0.717) is 6.54 Å². The Balaban J connectivity index is 2.44. The maximum absolute atomic E-state index is 11.9. The van der Waals surface area contributed by atoms with Crippen molar-refractivity contribution in [2.24, 2.45) is 0 Å². The van der Waals surface area contributed by atoms with Crippen LogP contribution in [-0.4, -0.2) is 48.8 Å². The van der Waals surface area contributed by atoms with E-state index in [2.05, 4.69) is 30.6 Å². The zero-order valence-corrected chi connectivity index (χ0v) is 12.7. The molecule has 0 aliphatic rings. The number of nitrogens with zero attached hydrogens (tertiary/aromatic N) is 1. The molecule has 1 rings (SSSR count). The summed E-state index contributed by atoms with van der Waals surface area (Å²) in [6, 6.07) is 9.12. The van der Waals surface area contributed by atoms with Crippen molar-refractivity contribution in [2.75, 3.05) is 32.8 Å². The van der Waals surface area contributed by atoms with Crippen LogP contribution in [0.15, 0.2) is 30.3 Å². The first kappa shape index (κ1) is 17.2. The van der Waals surface area contributed by atoms with E-state index in [1.54, 1.807) is 12.1 Å². The Hall–Kier alpha value is -1.83. The molecule has 0 amide bonds. The van der Waals surface area contributed by atoms with Crippen LogP contribution in [0.2, 0.25) is 0 Å². The molecule has 4 heteroatoms. The Bertz CT molecular complexity index is 472. The second-order valence-corrected chi connectivity index (χ2v) is 4.57. The standard InChI is InChI=1S/C17H23NO3/c1-3-18(4-2)12-8-9-13-21-17(20)16(14-19)15-10-6-5-7-11-15/h5-7,10-11,16,19H,3-4,12-14H2,1-2H3/t16-/m0/s1. The van der Waals surface area contributed by atoms with Gasteiger partial charge in [-0.3, -0.25) is 9.69 Å². The van der Waals surface area contributed by atoms with E-state index in [-0.39, 0.29) is 13.2 Å². The smallest absolute Gasteiger partial charge is 0.316 e. The number of benzene rings is 1. The van der Waals surface area contributed by atoms with Gasteiger partial charge >= 0.3 is 5.97 Å². The van der Waals surface area contributed by atoms with Crippen LogP contribution in [0.1, 0.15) is 25.3 Å². The Kier molecular flexibility index (Phi) is 8.18. The Morgan fingerprint density at radius 1 is 1.24 bits per heavy atom. The third kappa shape index (κ3) is 5.99. The van der Waals surface area contributed by atoms with Gasteiger partial charge in [-0.15, -0.1) is 0 Å². The lowest BCUT2D eigenvalue weighted by Crippen LogP contribution is -2.23. The van der Waals surface area contributed by atoms with Crippen molar-refractivity contribution < 1.29 is 14.6 Å². The van der Waals surface area contributed by atoms with Crippen LogP contribution in [0.25, 0.3) is 0 Å². The Morgan fingerprint density at radius 2 is 1.90 bits per heavy atom. The number of carbonyl (C=O) groups excluding carboxylic acids is 1. The molecule has 0 radical (unpaired) electrons. The van der Waals surface area contributed by atoms with Crippen molar-refractivity contribution in [1.29, 1.82) is 0 Å². The number of hydrogen-bond donors (Lipinski definition) is 1. The molecule has 1 aromatic rings. The van der Waals surface area contributed by atoms with Gasteiger partial charge in [-0.1, -0.05) is 56.0 Å². The topological polar surface area (TPSA) is 49.8 Å². The van der Waals surface area contributed by atoms with Crippen molar-refractivity contribution in [1.82, 2.24) is 4.90 Å². The number of carbonyl (C=O) groups is 1. The van der Waals surface area contributed by atoms with Gasteiger partial charge in [0.1, 0.15) is 5.92 Å². The van der Waals surface area contributed by atoms with Gasteiger partial charge < -0.3 is 9.84 Å². The van der Waals surface area contributed by atoms with E-state index >= 15 is 0 Å².